The number of hydrogen-bond acceptors (Lipinski definition) is 3. The molecule has 1 aromatic rings. The molecule has 0 amide bonds. The zero-order valence-electron chi connectivity index (χ0n) is 10.0. The van der Waals surface area contributed by atoms with Gasteiger partial charge in [-0.3, -0.25) is 0 Å². The summed E-state index contributed by atoms with van der Waals surface area (Å²) in [4.78, 5) is 0.376. The zero-order valence-corrected chi connectivity index (χ0v) is 10.8. The quantitative estimate of drug-likeness (QED) is 0.824. The van der Waals surface area contributed by atoms with Gasteiger partial charge in [0.05, 0.1) is 10.1 Å². The topological polar surface area (TPSA) is 60.2 Å². The van der Waals surface area contributed by atoms with Crippen molar-refractivity contribution in [1.29, 1.82) is 0 Å². The molecule has 0 saturated heterocycles. The first kappa shape index (κ1) is 13.0. The lowest BCUT2D eigenvalue weighted by molar-refractivity contribution is 0.571. The fraction of sp³-hybridized carbons (Fsp3) is 0.500. The number of anilines is 1. The fourth-order valence-electron chi connectivity index (χ4n) is 1.85. The van der Waals surface area contributed by atoms with Crippen LogP contribution >= 0.6 is 0 Å². The molecule has 0 aliphatic rings. The summed E-state index contributed by atoms with van der Waals surface area (Å²) in [6.45, 7) is 5.55. The van der Waals surface area contributed by atoms with Crippen LogP contribution in [-0.4, -0.2) is 13.7 Å². The maximum Gasteiger partial charge on any atom is 0.181 e. The Balaban J connectivity index is 3.33. The summed E-state index contributed by atoms with van der Waals surface area (Å²) in [5.41, 5.74) is 6.93. The van der Waals surface area contributed by atoms with Gasteiger partial charge in [0.1, 0.15) is 0 Å². The minimum atomic E-state index is -3.23. The zero-order chi connectivity index (χ0) is 12.3. The lowest BCUT2D eigenvalue weighted by Crippen LogP contribution is -2.21. The van der Waals surface area contributed by atoms with Crippen molar-refractivity contribution in [2.24, 2.45) is 0 Å². The van der Waals surface area contributed by atoms with E-state index in [0.717, 1.165) is 0 Å². The summed E-state index contributed by atoms with van der Waals surface area (Å²) in [5, 5.41) is -0.312. The molecule has 0 aromatic heterocycles. The summed E-state index contributed by atoms with van der Waals surface area (Å²) < 4.78 is 24.6. The third kappa shape index (κ3) is 2.21. The predicted octanol–water partition coefficient (Wildman–Crippen LogP) is 2.54. The van der Waals surface area contributed by atoms with Gasteiger partial charge in [-0.2, -0.15) is 0 Å². The average molecular weight is 241 g/mol. The van der Waals surface area contributed by atoms with Gasteiger partial charge in [-0.25, -0.2) is 8.42 Å². The molecule has 0 fully saturated rings. The van der Waals surface area contributed by atoms with Crippen molar-refractivity contribution in [1.82, 2.24) is 0 Å². The third-order valence-corrected chi connectivity index (χ3v) is 5.58. The van der Waals surface area contributed by atoms with E-state index < -0.39 is 9.84 Å². The van der Waals surface area contributed by atoms with E-state index in [1.54, 1.807) is 25.1 Å². The molecule has 90 valence electrons. The van der Waals surface area contributed by atoms with Crippen LogP contribution in [0, 0.1) is 6.92 Å². The molecule has 1 rings (SSSR count). The molecule has 0 bridgehead atoms. The molecule has 0 atom stereocenters. The van der Waals surface area contributed by atoms with Gasteiger partial charge in [-0.15, -0.1) is 0 Å². The molecule has 0 unspecified atom stereocenters. The van der Waals surface area contributed by atoms with Gasteiger partial charge in [-0.05, 0) is 37.5 Å². The largest absolute Gasteiger partial charge is 0.398 e. The van der Waals surface area contributed by atoms with E-state index in [2.05, 4.69) is 0 Å². The van der Waals surface area contributed by atoms with E-state index in [1.807, 2.05) is 13.8 Å². The van der Waals surface area contributed by atoms with Crippen molar-refractivity contribution in [2.75, 3.05) is 5.73 Å². The number of nitrogens with two attached hydrogens (primary N) is 1. The van der Waals surface area contributed by atoms with Crippen LogP contribution in [0.25, 0.3) is 0 Å². The van der Waals surface area contributed by atoms with Crippen LogP contribution in [0.5, 0.6) is 0 Å². The van der Waals surface area contributed by atoms with Gasteiger partial charge in [0.15, 0.2) is 9.84 Å². The summed E-state index contributed by atoms with van der Waals surface area (Å²) in [7, 11) is -3.23. The summed E-state index contributed by atoms with van der Waals surface area (Å²) in [6.07, 6.45) is 1.26. The van der Waals surface area contributed by atoms with Crippen molar-refractivity contribution >= 4 is 15.5 Å². The van der Waals surface area contributed by atoms with Crippen molar-refractivity contribution in [2.45, 2.75) is 43.8 Å². The highest BCUT2D eigenvalue weighted by Crippen LogP contribution is 2.26. The van der Waals surface area contributed by atoms with Crippen LogP contribution in [0.1, 0.15) is 32.3 Å². The smallest absolute Gasteiger partial charge is 0.181 e. The Hall–Kier alpha value is -1.03. The summed E-state index contributed by atoms with van der Waals surface area (Å²) >= 11 is 0. The van der Waals surface area contributed by atoms with Gasteiger partial charge in [0.2, 0.25) is 0 Å². The fourth-order valence-corrected chi connectivity index (χ4v) is 3.90. The van der Waals surface area contributed by atoms with Crippen LogP contribution in [0.15, 0.2) is 23.1 Å². The van der Waals surface area contributed by atoms with Gasteiger partial charge >= 0.3 is 0 Å². The molecule has 0 heterocycles. The molecular weight excluding hydrogens is 222 g/mol. The lowest BCUT2D eigenvalue weighted by Gasteiger charge is -2.16. The Labute approximate surface area is 97.6 Å². The SMILES string of the molecule is CCC(CC)S(=O)(=O)c1cccc(N)c1C. The number of hydrogen-bond donors (Lipinski definition) is 1. The van der Waals surface area contributed by atoms with E-state index in [0.29, 0.717) is 29.0 Å². The minimum Gasteiger partial charge on any atom is -0.398 e. The Kier molecular flexibility index (Phi) is 3.97. The Morgan fingerprint density at radius 1 is 1.25 bits per heavy atom. The standard InChI is InChI=1S/C12H19NO2S/c1-4-10(5-2)16(14,15)12-8-6-7-11(13)9(12)3/h6-8,10H,4-5,13H2,1-3H3. The molecule has 0 aliphatic heterocycles. The molecule has 0 saturated carbocycles. The first-order valence-corrected chi connectivity index (χ1v) is 7.08. The Bertz CT molecular complexity index is 462. The van der Waals surface area contributed by atoms with Crippen LogP contribution in [0.2, 0.25) is 0 Å². The number of benzene rings is 1. The van der Waals surface area contributed by atoms with Gasteiger partial charge in [0.25, 0.3) is 0 Å². The maximum absolute atomic E-state index is 12.3. The number of rotatable bonds is 4. The second kappa shape index (κ2) is 4.87. The lowest BCUT2D eigenvalue weighted by atomic mass is 10.2. The van der Waals surface area contributed by atoms with Crippen LogP contribution < -0.4 is 5.73 Å². The second-order valence-corrected chi connectivity index (χ2v) is 6.15. The van der Waals surface area contributed by atoms with Crippen LogP contribution in [0.3, 0.4) is 0 Å². The first-order chi connectivity index (χ1) is 7.45. The third-order valence-electron chi connectivity index (χ3n) is 2.98. The summed E-state index contributed by atoms with van der Waals surface area (Å²) in [5.74, 6) is 0. The van der Waals surface area contributed by atoms with Crippen molar-refractivity contribution < 1.29 is 8.42 Å². The highest BCUT2D eigenvalue weighted by atomic mass is 32.2. The molecule has 16 heavy (non-hydrogen) atoms. The maximum atomic E-state index is 12.3. The van der Waals surface area contributed by atoms with E-state index in [4.69, 9.17) is 5.73 Å². The average Bonchev–Trinajstić information content (AvgIpc) is 2.23. The van der Waals surface area contributed by atoms with Crippen molar-refractivity contribution in [3.8, 4) is 0 Å². The van der Waals surface area contributed by atoms with Crippen molar-refractivity contribution in [3.63, 3.8) is 0 Å². The minimum absolute atomic E-state index is 0.312. The van der Waals surface area contributed by atoms with Crippen LogP contribution in [-0.2, 0) is 9.84 Å². The number of nitrogen functional groups attached to an aromatic ring is 1. The Morgan fingerprint density at radius 2 is 1.81 bits per heavy atom. The first-order valence-electron chi connectivity index (χ1n) is 5.54. The van der Waals surface area contributed by atoms with E-state index in [-0.39, 0.29) is 5.25 Å². The monoisotopic (exact) mass is 241 g/mol. The highest BCUT2D eigenvalue weighted by molar-refractivity contribution is 7.92. The van der Waals surface area contributed by atoms with E-state index >= 15 is 0 Å². The molecule has 3 nitrogen and oxygen atoms in total. The summed E-state index contributed by atoms with van der Waals surface area (Å²) in [6, 6.07) is 5.05. The molecular formula is C12H19NO2S. The Morgan fingerprint density at radius 3 is 2.31 bits per heavy atom. The molecule has 0 spiro atoms. The van der Waals surface area contributed by atoms with E-state index in [1.165, 1.54) is 0 Å². The highest BCUT2D eigenvalue weighted by Gasteiger charge is 2.26. The number of sulfone groups is 1. The molecule has 2 N–H and O–H groups in total. The van der Waals surface area contributed by atoms with Gasteiger partial charge in [-0.1, -0.05) is 19.9 Å². The predicted molar refractivity (Wildman–Crippen MR) is 67.1 cm³/mol. The molecule has 4 heteroatoms. The molecule has 0 aliphatic carbocycles. The normalized spacial score (nSPS) is 12.0. The molecule has 0 radical (unpaired) electrons. The van der Waals surface area contributed by atoms with E-state index in [9.17, 15) is 8.42 Å². The second-order valence-electron chi connectivity index (χ2n) is 3.95. The van der Waals surface area contributed by atoms with Gasteiger partial charge in [0, 0.05) is 5.69 Å². The van der Waals surface area contributed by atoms with Crippen molar-refractivity contribution in [3.05, 3.63) is 23.8 Å². The van der Waals surface area contributed by atoms with Gasteiger partial charge < -0.3 is 5.73 Å². The van der Waals surface area contributed by atoms with Crippen LogP contribution in [0.4, 0.5) is 5.69 Å². The molecule has 1 aromatic carbocycles.